The molecule has 1 aromatic carbocycles. The van der Waals surface area contributed by atoms with Gasteiger partial charge in [0.05, 0.1) is 22.1 Å². The lowest BCUT2D eigenvalue weighted by Crippen LogP contribution is -1.99. The fraction of sp³-hybridized carbons (Fsp3) is 0.133. The van der Waals surface area contributed by atoms with Gasteiger partial charge in [-0.3, -0.25) is 0 Å². The second kappa shape index (κ2) is 6.52. The molecule has 0 spiro atoms. The van der Waals surface area contributed by atoms with Crippen molar-refractivity contribution in [2.24, 2.45) is 0 Å². The van der Waals surface area contributed by atoms with Crippen molar-refractivity contribution in [3.05, 3.63) is 52.7 Å². The zero-order valence-corrected chi connectivity index (χ0v) is 13.7. The van der Waals surface area contributed by atoms with Gasteiger partial charge in [-0.05, 0) is 43.3 Å². The van der Waals surface area contributed by atoms with Gasteiger partial charge in [-0.25, -0.2) is 4.68 Å². The van der Waals surface area contributed by atoms with Crippen molar-refractivity contribution in [2.75, 3.05) is 5.32 Å². The molecule has 3 aromatic rings. The number of anilines is 1. The number of rotatable bonds is 4. The van der Waals surface area contributed by atoms with Crippen LogP contribution in [-0.4, -0.2) is 30.4 Å². The first-order valence-electron chi connectivity index (χ1n) is 7.03. The molecule has 0 unspecified atom stereocenters. The van der Waals surface area contributed by atoms with Gasteiger partial charge in [0.2, 0.25) is 5.82 Å². The number of tetrazole rings is 1. The van der Waals surface area contributed by atoms with Crippen LogP contribution in [0, 0.1) is 25.2 Å². The van der Waals surface area contributed by atoms with Crippen molar-refractivity contribution in [1.29, 1.82) is 5.26 Å². The van der Waals surface area contributed by atoms with Crippen molar-refractivity contribution in [2.45, 2.75) is 13.8 Å². The molecule has 24 heavy (non-hydrogen) atoms. The maximum absolute atomic E-state index is 9.12. The van der Waals surface area contributed by atoms with Crippen LogP contribution in [0.1, 0.15) is 17.2 Å². The second-order valence-electron chi connectivity index (χ2n) is 4.99. The Morgan fingerprint density at radius 3 is 2.62 bits per heavy atom. The molecule has 0 fully saturated rings. The van der Waals surface area contributed by atoms with E-state index in [1.807, 2.05) is 44.2 Å². The summed E-state index contributed by atoms with van der Waals surface area (Å²) in [6.07, 6.45) is 1.53. The normalized spacial score (nSPS) is 11.3. The number of H-pyrrole nitrogens is 1. The van der Waals surface area contributed by atoms with Crippen molar-refractivity contribution >= 4 is 22.9 Å². The number of aromatic nitrogens is 6. The number of aryl methyl sites for hydroxylation is 1. The summed E-state index contributed by atoms with van der Waals surface area (Å²) in [6, 6.07) is 9.58. The van der Waals surface area contributed by atoms with Gasteiger partial charge < -0.3 is 5.32 Å². The number of aromatic amines is 1. The van der Waals surface area contributed by atoms with E-state index in [4.69, 9.17) is 16.9 Å². The predicted molar refractivity (Wildman–Crippen MR) is 89.4 cm³/mol. The van der Waals surface area contributed by atoms with Crippen LogP contribution in [-0.2, 0) is 0 Å². The van der Waals surface area contributed by atoms with Crippen LogP contribution >= 0.6 is 11.6 Å². The maximum Gasteiger partial charge on any atom is 0.216 e. The van der Waals surface area contributed by atoms with Gasteiger partial charge in [-0.15, -0.1) is 10.2 Å². The van der Waals surface area contributed by atoms with Crippen LogP contribution in [0.3, 0.4) is 0 Å². The standard InChI is InChI=1S/C15H13ClN8/c1-9-14(16)10(2)24(21-9)13-5-3-12(4-6-13)18-8-11(7-17)15-19-22-23-20-15/h3-6,8,18H,1-2H3,(H,19,20,22,23). The Kier molecular flexibility index (Phi) is 4.26. The summed E-state index contributed by atoms with van der Waals surface area (Å²) in [7, 11) is 0. The van der Waals surface area contributed by atoms with E-state index < -0.39 is 0 Å². The molecule has 8 nitrogen and oxygen atoms in total. The molecular formula is C15H13ClN8. The lowest BCUT2D eigenvalue weighted by atomic mass is 10.2. The smallest absolute Gasteiger partial charge is 0.216 e. The highest BCUT2D eigenvalue weighted by molar-refractivity contribution is 6.31. The van der Waals surface area contributed by atoms with Crippen molar-refractivity contribution in [1.82, 2.24) is 30.4 Å². The number of hydrogen-bond acceptors (Lipinski definition) is 6. The molecule has 0 aliphatic rings. The van der Waals surface area contributed by atoms with Crippen LogP contribution in [0.25, 0.3) is 11.3 Å². The molecule has 0 aliphatic carbocycles. The molecule has 0 saturated carbocycles. The predicted octanol–water partition coefficient (Wildman–Crippen LogP) is 2.63. The van der Waals surface area contributed by atoms with Crippen molar-refractivity contribution in [3.63, 3.8) is 0 Å². The second-order valence-corrected chi connectivity index (χ2v) is 5.37. The van der Waals surface area contributed by atoms with Gasteiger partial charge in [-0.1, -0.05) is 11.6 Å². The third-order valence-corrected chi connectivity index (χ3v) is 3.95. The van der Waals surface area contributed by atoms with Gasteiger partial charge in [0.15, 0.2) is 0 Å². The van der Waals surface area contributed by atoms with E-state index in [1.54, 1.807) is 4.68 Å². The lowest BCUT2D eigenvalue weighted by Gasteiger charge is -2.06. The number of hydrogen-bond donors (Lipinski definition) is 2. The maximum atomic E-state index is 9.12. The summed E-state index contributed by atoms with van der Waals surface area (Å²) in [5, 5.41) is 30.5. The lowest BCUT2D eigenvalue weighted by molar-refractivity contribution is 0.834. The molecule has 0 bridgehead atoms. The van der Waals surface area contributed by atoms with E-state index in [1.165, 1.54) is 6.20 Å². The Morgan fingerprint density at radius 2 is 2.08 bits per heavy atom. The zero-order valence-electron chi connectivity index (χ0n) is 12.9. The molecule has 3 rings (SSSR count). The highest BCUT2D eigenvalue weighted by atomic mass is 35.5. The summed E-state index contributed by atoms with van der Waals surface area (Å²) in [5.74, 6) is 0.235. The third-order valence-electron chi connectivity index (χ3n) is 3.40. The molecule has 0 radical (unpaired) electrons. The van der Waals surface area contributed by atoms with Crippen LogP contribution < -0.4 is 5.32 Å². The van der Waals surface area contributed by atoms with Crippen molar-refractivity contribution < 1.29 is 0 Å². The van der Waals surface area contributed by atoms with Gasteiger partial charge in [0.1, 0.15) is 11.6 Å². The number of nitriles is 1. The first-order valence-corrected chi connectivity index (χ1v) is 7.40. The number of halogens is 1. The van der Waals surface area contributed by atoms with E-state index >= 15 is 0 Å². The molecular weight excluding hydrogens is 328 g/mol. The average molecular weight is 341 g/mol. The zero-order chi connectivity index (χ0) is 17.1. The van der Waals surface area contributed by atoms with E-state index in [0.29, 0.717) is 5.02 Å². The minimum absolute atomic E-state index is 0.235. The first kappa shape index (κ1) is 15.7. The molecule has 0 atom stereocenters. The van der Waals surface area contributed by atoms with Gasteiger partial charge in [0.25, 0.3) is 0 Å². The highest BCUT2D eigenvalue weighted by Gasteiger charge is 2.10. The van der Waals surface area contributed by atoms with Crippen LogP contribution in [0.4, 0.5) is 5.69 Å². The van der Waals surface area contributed by atoms with Crippen LogP contribution in [0.15, 0.2) is 30.5 Å². The molecule has 2 aromatic heterocycles. The number of nitrogens with zero attached hydrogens (tertiary/aromatic N) is 6. The Hall–Kier alpha value is -3.18. The Labute approximate surface area is 142 Å². The summed E-state index contributed by atoms with van der Waals surface area (Å²) in [5.41, 5.74) is 3.66. The summed E-state index contributed by atoms with van der Waals surface area (Å²) >= 11 is 6.18. The minimum Gasteiger partial charge on any atom is -0.360 e. The molecule has 0 amide bonds. The Bertz CT molecular complexity index is 916. The summed E-state index contributed by atoms with van der Waals surface area (Å²) < 4.78 is 1.79. The van der Waals surface area contributed by atoms with Crippen molar-refractivity contribution in [3.8, 4) is 11.8 Å². The molecule has 0 aliphatic heterocycles. The largest absolute Gasteiger partial charge is 0.360 e. The fourth-order valence-electron chi connectivity index (χ4n) is 2.15. The molecule has 2 heterocycles. The number of allylic oxidation sites excluding steroid dienone is 1. The van der Waals surface area contributed by atoms with Gasteiger partial charge in [0, 0.05) is 11.9 Å². The fourth-order valence-corrected chi connectivity index (χ4v) is 2.27. The summed E-state index contributed by atoms with van der Waals surface area (Å²) in [4.78, 5) is 0. The SMILES string of the molecule is Cc1nn(-c2ccc(NC=C(C#N)c3nn[nH]n3)cc2)c(C)c1Cl. The topological polar surface area (TPSA) is 108 Å². The summed E-state index contributed by atoms with van der Waals surface area (Å²) in [6.45, 7) is 3.79. The van der Waals surface area contributed by atoms with Gasteiger partial charge >= 0.3 is 0 Å². The van der Waals surface area contributed by atoms with E-state index in [9.17, 15) is 0 Å². The highest BCUT2D eigenvalue weighted by Crippen LogP contribution is 2.23. The number of nitrogens with one attached hydrogen (secondary N) is 2. The molecule has 120 valence electrons. The minimum atomic E-state index is 0.235. The number of benzene rings is 1. The van der Waals surface area contributed by atoms with E-state index in [0.717, 1.165) is 22.8 Å². The Balaban J connectivity index is 1.80. The average Bonchev–Trinajstić information content (AvgIpc) is 3.21. The van der Waals surface area contributed by atoms with E-state index in [2.05, 4.69) is 31.0 Å². The molecule has 9 heteroatoms. The molecule has 2 N–H and O–H groups in total. The Morgan fingerprint density at radius 1 is 1.33 bits per heavy atom. The van der Waals surface area contributed by atoms with Gasteiger partial charge in [-0.2, -0.15) is 15.6 Å². The van der Waals surface area contributed by atoms with Crippen LogP contribution in [0.2, 0.25) is 5.02 Å². The first-order chi connectivity index (χ1) is 11.6. The monoisotopic (exact) mass is 340 g/mol. The van der Waals surface area contributed by atoms with Crippen LogP contribution in [0.5, 0.6) is 0 Å². The van der Waals surface area contributed by atoms with E-state index in [-0.39, 0.29) is 11.4 Å². The quantitative estimate of drug-likeness (QED) is 0.707. The molecule has 0 saturated heterocycles. The third kappa shape index (κ3) is 2.98.